The maximum Gasteiger partial charge on any atom is 0.0213 e. The quantitative estimate of drug-likeness (QED) is 0.583. The highest BCUT2D eigenvalue weighted by Gasteiger charge is 2.45. The summed E-state index contributed by atoms with van der Waals surface area (Å²) in [7, 11) is 0. The van der Waals surface area contributed by atoms with E-state index in [1.165, 1.54) is 19.3 Å². The molecule has 0 saturated heterocycles. The summed E-state index contributed by atoms with van der Waals surface area (Å²) in [6, 6.07) is 0. The summed E-state index contributed by atoms with van der Waals surface area (Å²) in [6.07, 6.45) is 4.31. The molecule has 2 fully saturated rings. The lowest BCUT2D eigenvalue weighted by Crippen LogP contribution is -2.10. The van der Waals surface area contributed by atoms with E-state index in [1.807, 2.05) is 0 Å². The summed E-state index contributed by atoms with van der Waals surface area (Å²) >= 11 is 7.45. The smallest absolute Gasteiger partial charge is 0.0213 e. The van der Waals surface area contributed by atoms with Crippen LogP contribution in [0, 0.1) is 11.8 Å². The van der Waals surface area contributed by atoms with E-state index in [4.69, 9.17) is 0 Å². The van der Waals surface area contributed by atoms with Crippen LogP contribution >= 0.6 is 31.9 Å². The van der Waals surface area contributed by atoms with Crippen LogP contribution in [-0.2, 0) is 0 Å². The Labute approximate surface area is 72.7 Å². The second-order valence-electron chi connectivity index (χ2n) is 3.20. The molecule has 2 aliphatic rings. The van der Waals surface area contributed by atoms with E-state index in [0.717, 1.165) is 21.5 Å². The van der Waals surface area contributed by atoms with Gasteiger partial charge in [-0.2, -0.15) is 0 Å². The van der Waals surface area contributed by atoms with Crippen molar-refractivity contribution in [2.75, 3.05) is 0 Å². The highest BCUT2D eigenvalue weighted by atomic mass is 79.9. The fraction of sp³-hybridized carbons (Fsp3) is 1.00. The summed E-state index contributed by atoms with van der Waals surface area (Å²) < 4.78 is 0. The predicted octanol–water partition coefficient (Wildman–Crippen LogP) is 2.94. The van der Waals surface area contributed by atoms with Gasteiger partial charge in [-0.15, -0.1) is 0 Å². The maximum absolute atomic E-state index is 3.74. The van der Waals surface area contributed by atoms with Crippen LogP contribution in [-0.4, -0.2) is 9.65 Å². The second kappa shape index (κ2) is 2.23. The van der Waals surface area contributed by atoms with Crippen molar-refractivity contribution in [2.45, 2.75) is 28.9 Å². The van der Waals surface area contributed by atoms with Crippen molar-refractivity contribution >= 4 is 31.9 Å². The first-order valence-corrected chi connectivity index (χ1v) is 5.40. The Bertz CT molecular complexity index is 124. The Balaban J connectivity index is 2.16. The SMILES string of the molecule is Br[C@H]1[C@H]2CC[C@@H]1[C@@H](Br)C2. The van der Waals surface area contributed by atoms with E-state index in [2.05, 4.69) is 31.9 Å². The van der Waals surface area contributed by atoms with Gasteiger partial charge in [-0.25, -0.2) is 0 Å². The topological polar surface area (TPSA) is 0 Å². The second-order valence-corrected chi connectivity index (χ2v) is 5.43. The molecule has 0 unspecified atom stereocenters. The minimum Gasteiger partial charge on any atom is -0.0887 e. The zero-order valence-electron chi connectivity index (χ0n) is 5.19. The molecule has 0 nitrogen and oxygen atoms in total. The number of hydrogen-bond donors (Lipinski definition) is 0. The average molecular weight is 254 g/mol. The standard InChI is InChI=1S/C7H10Br2/c8-6-3-4-1-2-5(6)7(4)9/h4-7H,1-3H2/t4-,5+,6-,7-/m0/s1. The molecule has 0 aromatic heterocycles. The summed E-state index contributed by atoms with van der Waals surface area (Å²) in [5.74, 6) is 1.93. The van der Waals surface area contributed by atoms with Gasteiger partial charge >= 0.3 is 0 Å². The molecule has 2 rings (SSSR count). The van der Waals surface area contributed by atoms with E-state index in [-0.39, 0.29) is 0 Å². The molecule has 9 heavy (non-hydrogen) atoms. The van der Waals surface area contributed by atoms with E-state index in [0.29, 0.717) is 0 Å². The zero-order chi connectivity index (χ0) is 6.43. The molecule has 2 heteroatoms. The van der Waals surface area contributed by atoms with E-state index >= 15 is 0 Å². The van der Waals surface area contributed by atoms with Gasteiger partial charge in [0.15, 0.2) is 0 Å². The van der Waals surface area contributed by atoms with Gasteiger partial charge < -0.3 is 0 Å². The van der Waals surface area contributed by atoms with E-state index in [9.17, 15) is 0 Å². The molecule has 0 amide bonds. The number of halogens is 2. The highest BCUT2D eigenvalue weighted by Crippen LogP contribution is 2.51. The van der Waals surface area contributed by atoms with Crippen molar-refractivity contribution in [2.24, 2.45) is 11.8 Å². The van der Waals surface area contributed by atoms with Crippen LogP contribution in [0.3, 0.4) is 0 Å². The van der Waals surface area contributed by atoms with Gasteiger partial charge in [0, 0.05) is 9.65 Å². The lowest BCUT2D eigenvalue weighted by molar-refractivity contribution is 0.497. The van der Waals surface area contributed by atoms with Crippen LogP contribution in [0.4, 0.5) is 0 Å². The Hall–Kier alpha value is 0.960. The Morgan fingerprint density at radius 3 is 2.11 bits per heavy atom. The third kappa shape index (κ3) is 0.900. The van der Waals surface area contributed by atoms with Crippen molar-refractivity contribution in [1.82, 2.24) is 0 Å². The Kier molecular flexibility index (Phi) is 1.65. The predicted molar refractivity (Wildman–Crippen MR) is 46.3 cm³/mol. The van der Waals surface area contributed by atoms with E-state index in [1.54, 1.807) is 0 Å². The third-order valence-corrected chi connectivity index (χ3v) is 5.20. The normalized spacial score (nSPS) is 56.7. The van der Waals surface area contributed by atoms with E-state index < -0.39 is 0 Å². The summed E-state index contributed by atoms with van der Waals surface area (Å²) in [6.45, 7) is 0. The Morgan fingerprint density at radius 2 is 1.89 bits per heavy atom. The molecule has 0 heterocycles. The molecule has 0 N–H and O–H groups in total. The number of alkyl halides is 2. The number of rotatable bonds is 0. The van der Waals surface area contributed by atoms with Gasteiger partial charge in [0.25, 0.3) is 0 Å². The number of fused-ring (bicyclic) bond motifs is 2. The van der Waals surface area contributed by atoms with Gasteiger partial charge in [0.2, 0.25) is 0 Å². The molecule has 0 spiro atoms. The van der Waals surface area contributed by atoms with Crippen molar-refractivity contribution in [3.63, 3.8) is 0 Å². The maximum atomic E-state index is 3.74. The van der Waals surface area contributed by atoms with Crippen LogP contribution in [0.2, 0.25) is 0 Å². The summed E-state index contributed by atoms with van der Waals surface area (Å²) in [4.78, 5) is 1.66. The fourth-order valence-electron chi connectivity index (χ4n) is 2.17. The minimum absolute atomic E-state index is 0.820. The van der Waals surface area contributed by atoms with Gasteiger partial charge in [-0.3, -0.25) is 0 Å². The summed E-state index contributed by atoms with van der Waals surface area (Å²) in [5, 5.41) is 0. The fourth-order valence-corrected chi connectivity index (χ4v) is 4.76. The first kappa shape index (κ1) is 6.66. The van der Waals surface area contributed by atoms with Gasteiger partial charge in [0.1, 0.15) is 0 Å². The molecule has 52 valence electrons. The lowest BCUT2D eigenvalue weighted by atomic mass is 10.0. The molecular weight excluding hydrogens is 244 g/mol. The average Bonchev–Trinajstić information content (AvgIpc) is 2.25. The van der Waals surface area contributed by atoms with Crippen molar-refractivity contribution in [3.05, 3.63) is 0 Å². The van der Waals surface area contributed by atoms with Gasteiger partial charge in [-0.05, 0) is 31.1 Å². The molecule has 4 atom stereocenters. The monoisotopic (exact) mass is 252 g/mol. The highest BCUT2D eigenvalue weighted by molar-refractivity contribution is 9.10. The van der Waals surface area contributed by atoms with Crippen LogP contribution in [0.15, 0.2) is 0 Å². The molecular formula is C7H10Br2. The summed E-state index contributed by atoms with van der Waals surface area (Å²) in [5.41, 5.74) is 0. The van der Waals surface area contributed by atoms with Crippen molar-refractivity contribution in [3.8, 4) is 0 Å². The van der Waals surface area contributed by atoms with Crippen LogP contribution < -0.4 is 0 Å². The first-order valence-electron chi connectivity index (χ1n) is 3.57. The molecule has 0 aliphatic heterocycles. The molecule has 2 saturated carbocycles. The zero-order valence-corrected chi connectivity index (χ0v) is 8.36. The number of hydrogen-bond acceptors (Lipinski definition) is 0. The minimum atomic E-state index is 0.820. The molecule has 0 radical (unpaired) electrons. The lowest BCUT2D eigenvalue weighted by Gasteiger charge is -2.13. The van der Waals surface area contributed by atoms with Gasteiger partial charge in [0.05, 0.1) is 0 Å². The van der Waals surface area contributed by atoms with Crippen LogP contribution in [0.1, 0.15) is 19.3 Å². The molecule has 0 aromatic carbocycles. The Morgan fingerprint density at radius 1 is 1.11 bits per heavy atom. The van der Waals surface area contributed by atoms with Crippen molar-refractivity contribution in [1.29, 1.82) is 0 Å². The molecule has 0 aromatic rings. The van der Waals surface area contributed by atoms with Gasteiger partial charge in [-0.1, -0.05) is 31.9 Å². The third-order valence-electron chi connectivity index (χ3n) is 2.72. The molecule has 2 bridgehead atoms. The van der Waals surface area contributed by atoms with Crippen LogP contribution in [0.5, 0.6) is 0 Å². The van der Waals surface area contributed by atoms with Crippen LogP contribution in [0.25, 0.3) is 0 Å². The van der Waals surface area contributed by atoms with Crippen molar-refractivity contribution < 1.29 is 0 Å². The largest absolute Gasteiger partial charge is 0.0887 e. The first-order chi connectivity index (χ1) is 4.29. The molecule has 2 aliphatic carbocycles.